The van der Waals surface area contributed by atoms with Crippen molar-refractivity contribution in [1.29, 1.82) is 0 Å². The van der Waals surface area contributed by atoms with Gasteiger partial charge in [0.15, 0.2) is 0 Å². The summed E-state index contributed by atoms with van der Waals surface area (Å²) in [6.07, 6.45) is 3.08. The van der Waals surface area contributed by atoms with E-state index in [4.69, 9.17) is 5.73 Å². The molecule has 1 aliphatic heterocycles. The molecule has 2 N–H and O–H groups in total. The van der Waals surface area contributed by atoms with Crippen molar-refractivity contribution in [2.45, 2.75) is 44.3 Å². The number of likely N-dealkylation sites (tertiary alicyclic amines) is 1. The molecule has 1 aromatic rings. The van der Waals surface area contributed by atoms with E-state index in [9.17, 15) is 4.39 Å². The van der Waals surface area contributed by atoms with Gasteiger partial charge < -0.3 is 10.6 Å². The van der Waals surface area contributed by atoms with E-state index in [2.05, 4.69) is 30.8 Å². The van der Waals surface area contributed by atoms with Gasteiger partial charge in [-0.1, -0.05) is 25.1 Å². The van der Waals surface area contributed by atoms with Gasteiger partial charge >= 0.3 is 0 Å². The summed E-state index contributed by atoms with van der Waals surface area (Å²) in [4.78, 5) is 4.65. The molecule has 4 heteroatoms. The van der Waals surface area contributed by atoms with Crippen LogP contribution in [0.2, 0.25) is 0 Å². The first-order valence-electron chi connectivity index (χ1n) is 7.95. The highest BCUT2D eigenvalue weighted by Gasteiger charge is 2.31. The first-order valence-corrected chi connectivity index (χ1v) is 7.95. The van der Waals surface area contributed by atoms with E-state index in [0.29, 0.717) is 6.04 Å². The fourth-order valence-corrected chi connectivity index (χ4v) is 3.32. The summed E-state index contributed by atoms with van der Waals surface area (Å²) in [6, 6.07) is 7.42. The van der Waals surface area contributed by atoms with Crippen LogP contribution in [0.3, 0.4) is 0 Å². The summed E-state index contributed by atoms with van der Waals surface area (Å²) >= 11 is 0. The predicted molar refractivity (Wildman–Crippen MR) is 85.7 cm³/mol. The van der Waals surface area contributed by atoms with E-state index < -0.39 is 0 Å². The third-order valence-corrected chi connectivity index (χ3v) is 4.80. The summed E-state index contributed by atoms with van der Waals surface area (Å²) in [5, 5.41) is 0. The average Bonchev–Trinajstić information content (AvgIpc) is 2.49. The second-order valence-corrected chi connectivity index (χ2v) is 6.24. The standard InChI is InChI=1S/C17H28FN3/c1-4-16(19)17(14-7-5-6-8-15(14)18)21(3)13-9-11-20(2)12-10-13/h5-8,13,16-17H,4,9-12,19H2,1-3H3. The van der Waals surface area contributed by atoms with E-state index in [1.807, 2.05) is 12.1 Å². The van der Waals surface area contributed by atoms with Gasteiger partial charge in [0.05, 0.1) is 6.04 Å². The highest BCUT2D eigenvalue weighted by molar-refractivity contribution is 5.23. The lowest BCUT2D eigenvalue weighted by Crippen LogP contribution is -2.48. The molecule has 21 heavy (non-hydrogen) atoms. The molecule has 0 bridgehead atoms. The quantitative estimate of drug-likeness (QED) is 0.906. The lowest BCUT2D eigenvalue weighted by atomic mass is 9.92. The van der Waals surface area contributed by atoms with Gasteiger partial charge in [-0.3, -0.25) is 4.90 Å². The average molecular weight is 293 g/mol. The molecule has 1 fully saturated rings. The molecule has 0 spiro atoms. The van der Waals surface area contributed by atoms with E-state index in [-0.39, 0.29) is 17.9 Å². The van der Waals surface area contributed by atoms with Crippen LogP contribution in [-0.4, -0.2) is 49.1 Å². The molecule has 0 aromatic heterocycles. The lowest BCUT2D eigenvalue weighted by molar-refractivity contribution is 0.0918. The number of benzene rings is 1. The maximum absolute atomic E-state index is 14.2. The van der Waals surface area contributed by atoms with E-state index in [0.717, 1.165) is 37.9 Å². The molecule has 2 unspecified atom stereocenters. The third-order valence-electron chi connectivity index (χ3n) is 4.80. The van der Waals surface area contributed by atoms with Crippen molar-refractivity contribution in [3.05, 3.63) is 35.6 Å². The number of hydrogen-bond donors (Lipinski definition) is 1. The minimum atomic E-state index is -0.147. The van der Waals surface area contributed by atoms with Gasteiger partial charge in [-0.25, -0.2) is 4.39 Å². The lowest BCUT2D eigenvalue weighted by Gasteiger charge is -2.41. The fourth-order valence-electron chi connectivity index (χ4n) is 3.32. The Morgan fingerprint density at radius 1 is 1.33 bits per heavy atom. The van der Waals surface area contributed by atoms with Crippen LogP contribution in [-0.2, 0) is 0 Å². The number of likely N-dealkylation sites (N-methyl/N-ethyl adjacent to an activating group) is 1. The van der Waals surface area contributed by atoms with Crippen LogP contribution in [0.1, 0.15) is 37.8 Å². The van der Waals surface area contributed by atoms with Crippen molar-refractivity contribution in [1.82, 2.24) is 9.80 Å². The Labute approximate surface area is 127 Å². The van der Waals surface area contributed by atoms with Crippen molar-refractivity contribution < 1.29 is 4.39 Å². The van der Waals surface area contributed by atoms with Crippen molar-refractivity contribution in [2.24, 2.45) is 5.73 Å². The van der Waals surface area contributed by atoms with Crippen LogP contribution in [0.15, 0.2) is 24.3 Å². The Bertz CT molecular complexity index is 443. The maximum atomic E-state index is 14.2. The van der Waals surface area contributed by atoms with Crippen LogP contribution in [0.4, 0.5) is 4.39 Å². The van der Waals surface area contributed by atoms with Gasteiger partial charge in [-0.15, -0.1) is 0 Å². The second kappa shape index (κ2) is 7.34. The van der Waals surface area contributed by atoms with Crippen LogP contribution < -0.4 is 5.73 Å². The zero-order chi connectivity index (χ0) is 15.4. The molecule has 1 saturated heterocycles. The molecule has 0 aliphatic carbocycles. The summed E-state index contributed by atoms with van der Waals surface area (Å²) < 4.78 is 14.2. The third kappa shape index (κ3) is 3.82. The Morgan fingerprint density at radius 3 is 2.52 bits per heavy atom. The summed E-state index contributed by atoms with van der Waals surface area (Å²) in [6.45, 7) is 4.27. The smallest absolute Gasteiger partial charge is 0.128 e. The molecule has 2 rings (SSSR count). The number of halogens is 1. The molecule has 1 aliphatic rings. The molecule has 118 valence electrons. The van der Waals surface area contributed by atoms with Crippen LogP contribution in [0.5, 0.6) is 0 Å². The first-order chi connectivity index (χ1) is 10.0. The van der Waals surface area contributed by atoms with Crippen molar-refractivity contribution >= 4 is 0 Å². The topological polar surface area (TPSA) is 32.5 Å². The predicted octanol–water partition coefficient (Wildman–Crippen LogP) is 2.63. The molecule has 0 amide bonds. The number of nitrogens with two attached hydrogens (primary N) is 1. The SMILES string of the molecule is CCC(N)C(c1ccccc1F)N(C)C1CCN(C)CC1. The zero-order valence-electron chi connectivity index (χ0n) is 13.4. The highest BCUT2D eigenvalue weighted by Crippen LogP contribution is 2.30. The fraction of sp³-hybridized carbons (Fsp3) is 0.647. The van der Waals surface area contributed by atoms with E-state index in [1.54, 1.807) is 6.07 Å². The molecule has 0 radical (unpaired) electrons. The maximum Gasteiger partial charge on any atom is 0.128 e. The van der Waals surface area contributed by atoms with E-state index >= 15 is 0 Å². The van der Waals surface area contributed by atoms with Crippen molar-refractivity contribution in [2.75, 3.05) is 27.2 Å². The number of rotatable bonds is 5. The minimum Gasteiger partial charge on any atom is -0.326 e. The van der Waals surface area contributed by atoms with Gasteiger partial charge in [-0.2, -0.15) is 0 Å². The molecule has 2 atom stereocenters. The molecule has 1 heterocycles. The summed E-state index contributed by atoms with van der Waals surface area (Å²) in [5.74, 6) is -0.147. The minimum absolute atomic E-state index is 0.0495. The van der Waals surface area contributed by atoms with Crippen LogP contribution in [0, 0.1) is 5.82 Å². The molecular weight excluding hydrogens is 265 g/mol. The monoisotopic (exact) mass is 293 g/mol. The van der Waals surface area contributed by atoms with Gasteiger partial charge in [0.1, 0.15) is 5.82 Å². The van der Waals surface area contributed by atoms with Crippen molar-refractivity contribution in [3.8, 4) is 0 Å². The van der Waals surface area contributed by atoms with Crippen LogP contribution >= 0.6 is 0 Å². The largest absolute Gasteiger partial charge is 0.326 e. The zero-order valence-corrected chi connectivity index (χ0v) is 13.4. The first kappa shape index (κ1) is 16.4. The van der Waals surface area contributed by atoms with Crippen molar-refractivity contribution in [3.63, 3.8) is 0 Å². The second-order valence-electron chi connectivity index (χ2n) is 6.24. The Hall–Kier alpha value is -0.970. The van der Waals surface area contributed by atoms with Gasteiger partial charge in [0.25, 0.3) is 0 Å². The number of hydrogen-bond acceptors (Lipinski definition) is 3. The Balaban J connectivity index is 2.22. The molecule has 1 aromatic carbocycles. The highest BCUT2D eigenvalue weighted by atomic mass is 19.1. The molecule has 0 saturated carbocycles. The van der Waals surface area contributed by atoms with E-state index in [1.165, 1.54) is 6.07 Å². The number of piperidine rings is 1. The molecular formula is C17H28FN3. The van der Waals surface area contributed by atoms with Crippen LogP contribution in [0.25, 0.3) is 0 Å². The summed E-state index contributed by atoms with van der Waals surface area (Å²) in [7, 11) is 4.25. The Kier molecular flexibility index (Phi) is 5.73. The molecule has 3 nitrogen and oxygen atoms in total. The normalized spacial score (nSPS) is 20.7. The Morgan fingerprint density at radius 2 is 1.95 bits per heavy atom. The number of nitrogens with zero attached hydrogens (tertiary/aromatic N) is 2. The van der Waals surface area contributed by atoms with Gasteiger partial charge in [0, 0.05) is 17.6 Å². The van der Waals surface area contributed by atoms with Gasteiger partial charge in [0.2, 0.25) is 0 Å². The summed E-state index contributed by atoms with van der Waals surface area (Å²) in [5.41, 5.74) is 7.06. The van der Waals surface area contributed by atoms with Gasteiger partial charge in [-0.05, 0) is 52.5 Å².